The summed E-state index contributed by atoms with van der Waals surface area (Å²) in [6, 6.07) is 7.70. The van der Waals surface area contributed by atoms with Crippen molar-refractivity contribution in [2.24, 2.45) is 5.16 Å². The largest absolute Gasteiger partial charge is 0.417 e. The maximum atomic E-state index is 12.7. The van der Waals surface area contributed by atoms with Crippen molar-refractivity contribution in [3.8, 4) is 0 Å². The van der Waals surface area contributed by atoms with E-state index in [1.165, 1.54) is 6.07 Å². The lowest BCUT2D eigenvalue weighted by Gasteiger charge is -2.35. The van der Waals surface area contributed by atoms with Crippen LogP contribution < -0.4 is 10.5 Å². The first-order valence-corrected chi connectivity index (χ1v) is 10.9. The van der Waals surface area contributed by atoms with Crippen LogP contribution in [0.3, 0.4) is 0 Å². The van der Waals surface area contributed by atoms with Gasteiger partial charge in [0.1, 0.15) is 5.82 Å². The lowest BCUT2D eigenvalue weighted by molar-refractivity contribution is -0.138. The van der Waals surface area contributed by atoms with E-state index in [0.717, 1.165) is 17.8 Å². The number of nitrogens with zero attached hydrogens (tertiary/aromatic N) is 5. The number of rotatable bonds is 6. The van der Waals surface area contributed by atoms with E-state index in [1.54, 1.807) is 29.4 Å². The summed E-state index contributed by atoms with van der Waals surface area (Å²) in [5.74, 6) is 0.0125. The molecule has 2 aromatic heterocycles. The minimum atomic E-state index is -4.43. The van der Waals surface area contributed by atoms with Crippen molar-refractivity contribution >= 4 is 28.7 Å². The minimum absolute atomic E-state index is 0.183. The molecule has 12 heteroatoms. The van der Waals surface area contributed by atoms with Crippen molar-refractivity contribution in [1.82, 2.24) is 20.1 Å². The minimum Gasteiger partial charge on any atom is -0.386 e. The third-order valence-corrected chi connectivity index (χ3v) is 5.81. The number of aromatic nitrogens is 3. The van der Waals surface area contributed by atoms with Gasteiger partial charge >= 0.3 is 6.18 Å². The molecule has 4 rings (SSSR count). The first-order chi connectivity index (χ1) is 16.7. The van der Waals surface area contributed by atoms with Crippen LogP contribution >= 0.6 is 0 Å². The number of halogens is 3. The topological polar surface area (TPSA) is 104 Å². The summed E-state index contributed by atoms with van der Waals surface area (Å²) in [6.45, 7) is 3.32. The molecule has 1 fully saturated rings. The molecule has 0 bridgehead atoms. The molecule has 1 atom stereocenters. The highest BCUT2D eigenvalue weighted by Gasteiger charge is 2.31. The number of alkyl halides is 3. The van der Waals surface area contributed by atoms with Crippen molar-refractivity contribution in [2.75, 3.05) is 37.7 Å². The molecule has 9 nitrogen and oxygen atoms in total. The summed E-state index contributed by atoms with van der Waals surface area (Å²) in [7, 11) is 0. The Morgan fingerprint density at radius 2 is 1.94 bits per heavy atom. The summed E-state index contributed by atoms with van der Waals surface area (Å²) in [5, 5.41) is 11.4. The number of hydrogen-bond acceptors (Lipinski definition) is 7. The van der Waals surface area contributed by atoms with Crippen molar-refractivity contribution in [3.05, 3.63) is 64.2 Å². The standard InChI is InChI=1S/C23H23F3N6O3/c1-15(17-3-2-4-18-19(17)13-28-30-22(18)34)11-29-35-14-21(33)32-9-7-31(8-10-32)20-6-5-16(12-27-20)23(24,25)26/h2-6,11-13,15H,7-10,14H2,1H3,(H,30,34). The quantitative estimate of drug-likeness (QED) is 0.423. The molecule has 1 amide bonds. The predicted octanol–water partition coefficient (Wildman–Crippen LogP) is 2.79. The van der Waals surface area contributed by atoms with E-state index in [4.69, 9.17) is 4.84 Å². The van der Waals surface area contributed by atoms with Crippen LogP contribution in [0.25, 0.3) is 10.8 Å². The van der Waals surface area contributed by atoms with Crippen LogP contribution in [0.15, 0.2) is 52.7 Å². The highest BCUT2D eigenvalue weighted by atomic mass is 19.4. The smallest absolute Gasteiger partial charge is 0.386 e. The molecule has 0 aliphatic carbocycles. The van der Waals surface area contributed by atoms with Crippen molar-refractivity contribution < 1.29 is 22.8 Å². The zero-order chi connectivity index (χ0) is 25.0. The lowest BCUT2D eigenvalue weighted by atomic mass is 9.97. The van der Waals surface area contributed by atoms with Gasteiger partial charge in [0, 0.05) is 43.7 Å². The molecule has 1 aliphatic heterocycles. The first kappa shape index (κ1) is 24.2. The van der Waals surface area contributed by atoms with Gasteiger partial charge in [0.15, 0.2) is 6.61 Å². The fourth-order valence-electron chi connectivity index (χ4n) is 3.86. The first-order valence-electron chi connectivity index (χ1n) is 10.9. The average molecular weight is 488 g/mol. The van der Waals surface area contributed by atoms with Gasteiger partial charge in [0.05, 0.1) is 23.4 Å². The molecule has 1 aliphatic rings. The molecule has 1 N–H and O–H groups in total. The van der Waals surface area contributed by atoms with Crippen LogP contribution in [0.1, 0.15) is 24.0 Å². The number of aromatic amines is 1. The van der Waals surface area contributed by atoms with Gasteiger partial charge in [-0.3, -0.25) is 9.59 Å². The molecular weight excluding hydrogens is 465 g/mol. The normalized spacial score (nSPS) is 15.5. The molecule has 0 radical (unpaired) electrons. The Labute approximate surface area is 198 Å². The van der Waals surface area contributed by atoms with Crippen molar-refractivity contribution in [2.45, 2.75) is 19.0 Å². The van der Waals surface area contributed by atoms with E-state index in [0.29, 0.717) is 42.8 Å². The second kappa shape index (κ2) is 10.1. The number of pyridine rings is 1. The van der Waals surface area contributed by atoms with Crippen LogP contribution in [-0.2, 0) is 15.8 Å². The Kier molecular flexibility index (Phi) is 6.99. The van der Waals surface area contributed by atoms with Crippen LogP contribution in [-0.4, -0.2) is 65.0 Å². The average Bonchev–Trinajstić information content (AvgIpc) is 2.86. The molecule has 3 heterocycles. The van der Waals surface area contributed by atoms with Crippen LogP contribution in [0, 0.1) is 0 Å². The SMILES string of the molecule is CC(C=NOCC(=O)N1CCN(c2ccc(C(F)(F)F)cn2)CC1)c1cccc2c(=O)[nH]ncc12. The summed E-state index contributed by atoms with van der Waals surface area (Å²) in [5.41, 5.74) is -0.217. The van der Waals surface area contributed by atoms with E-state index in [2.05, 4.69) is 20.3 Å². The third kappa shape index (κ3) is 5.58. The molecular formula is C23H23F3N6O3. The molecule has 35 heavy (non-hydrogen) atoms. The van der Waals surface area contributed by atoms with E-state index in [9.17, 15) is 22.8 Å². The third-order valence-electron chi connectivity index (χ3n) is 5.81. The Morgan fingerprint density at radius 3 is 2.63 bits per heavy atom. The number of benzene rings is 1. The second-order valence-electron chi connectivity index (χ2n) is 8.09. The van der Waals surface area contributed by atoms with Gasteiger partial charge in [0.2, 0.25) is 0 Å². The van der Waals surface area contributed by atoms with Crippen molar-refractivity contribution in [3.63, 3.8) is 0 Å². The number of anilines is 1. The Morgan fingerprint density at radius 1 is 1.17 bits per heavy atom. The number of carbonyl (C=O) groups excluding carboxylic acids is 1. The number of oxime groups is 1. The van der Waals surface area contributed by atoms with Crippen LogP contribution in [0.2, 0.25) is 0 Å². The Balaban J connectivity index is 1.26. The van der Waals surface area contributed by atoms with Crippen molar-refractivity contribution in [1.29, 1.82) is 0 Å². The molecule has 184 valence electrons. The monoisotopic (exact) mass is 488 g/mol. The summed E-state index contributed by atoms with van der Waals surface area (Å²) in [4.78, 5) is 36.9. The zero-order valence-electron chi connectivity index (χ0n) is 18.8. The number of nitrogens with one attached hydrogen (secondary N) is 1. The van der Waals surface area contributed by atoms with E-state index >= 15 is 0 Å². The number of carbonyl (C=O) groups is 1. The van der Waals surface area contributed by atoms with Gasteiger partial charge in [0.25, 0.3) is 11.5 Å². The molecule has 0 saturated carbocycles. The number of piperazine rings is 1. The second-order valence-corrected chi connectivity index (χ2v) is 8.09. The van der Waals surface area contributed by atoms with Gasteiger partial charge in [-0.15, -0.1) is 0 Å². The van der Waals surface area contributed by atoms with Gasteiger partial charge in [-0.2, -0.15) is 18.3 Å². The summed E-state index contributed by atoms with van der Waals surface area (Å²) in [6.07, 6.45) is -0.479. The summed E-state index contributed by atoms with van der Waals surface area (Å²) >= 11 is 0. The number of amides is 1. The molecule has 1 unspecified atom stereocenters. The molecule has 1 aromatic carbocycles. The number of fused-ring (bicyclic) bond motifs is 1. The lowest BCUT2D eigenvalue weighted by Crippen LogP contribution is -2.49. The Bertz CT molecular complexity index is 1270. The Hall–Kier alpha value is -3.96. The highest BCUT2D eigenvalue weighted by Crippen LogP contribution is 2.29. The van der Waals surface area contributed by atoms with Gasteiger partial charge in [-0.1, -0.05) is 24.2 Å². The van der Waals surface area contributed by atoms with E-state index in [1.807, 2.05) is 17.9 Å². The molecule has 0 spiro atoms. The number of hydrogen-bond donors (Lipinski definition) is 1. The fraction of sp³-hybridized carbons (Fsp3) is 0.348. The highest BCUT2D eigenvalue weighted by molar-refractivity contribution is 5.87. The van der Waals surface area contributed by atoms with Crippen LogP contribution in [0.5, 0.6) is 0 Å². The summed E-state index contributed by atoms with van der Waals surface area (Å²) < 4.78 is 38.1. The molecule has 1 saturated heterocycles. The fourth-order valence-corrected chi connectivity index (χ4v) is 3.86. The van der Waals surface area contributed by atoms with Crippen LogP contribution in [0.4, 0.5) is 19.0 Å². The predicted molar refractivity (Wildman–Crippen MR) is 123 cm³/mol. The number of H-pyrrole nitrogens is 1. The van der Waals surface area contributed by atoms with Gasteiger partial charge < -0.3 is 14.6 Å². The van der Waals surface area contributed by atoms with E-state index < -0.39 is 11.7 Å². The van der Waals surface area contributed by atoms with Gasteiger partial charge in [-0.25, -0.2) is 10.1 Å². The molecule has 3 aromatic rings. The zero-order valence-corrected chi connectivity index (χ0v) is 18.8. The maximum absolute atomic E-state index is 12.7. The van der Waals surface area contributed by atoms with Gasteiger partial charge in [-0.05, 0) is 23.8 Å². The van der Waals surface area contributed by atoms with E-state index in [-0.39, 0.29) is 24.0 Å². The maximum Gasteiger partial charge on any atom is 0.417 e.